The molecule has 9 heteroatoms. The predicted octanol–water partition coefficient (Wildman–Crippen LogP) is 4.08. The van der Waals surface area contributed by atoms with Gasteiger partial charge in [-0.2, -0.15) is 0 Å². The van der Waals surface area contributed by atoms with Crippen LogP contribution in [0.3, 0.4) is 0 Å². The Morgan fingerprint density at radius 2 is 1.94 bits per heavy atom. The number of guanidine groups is 1. The standard InChI is InChI=1S/C23H37N7S.HI/c1-18-27-28-22(29(18)2)16-25-23(24-15-21-9-6-14-31-21)26-20-10-12-30(13-11-20)17-19-7-4-3-5-8-19;/h6,9,14,19-20H,3-5,7-8,10-13,15-17H2,1-2H3,(H2,24,25,26);1H. The maximum Gasteiger partial charge on any atom is 0.192 e. The van der Waals surface area contributed by atoms with Gasteiger partial charge in [-0.25, -0.2) is 4.99 Å². The van der Waals surface area contributed by atoms with Gasteiger partial charge in [-0.15, -0.1) is 45.5 Å². The first kappa shape index (κ1) is 25.4. The Balaban J connectivity index is 0.00000289. The summed E-state index contributed by atoms with van der Waals surface area (Å²) in [4.78, 5) is 8.83. The van der Waals surface area contributed by atoms with Crippen LogP contribution in [-0.4, -0.2) is 51.3 Å². The van der Waals surface area contributed by atoms with Gasteiger partial charge in [-0.3, -0.25) is 0 Å². The van der Waals surface area contributed by atoms with Gasteiger partial charge in [0.25, 0.3) is 0 Å². The molecule has 1 saturated carbocycles. The number of aliphatic imine (C=N–C) groups is 1. The van der Waals surface area contributed by atoms with E-state index in [4.69, 9.17) is 4.99 Å². The van der Waals surface area contributed by atoms with Gasteiger partial charge in [0.05, 0.1) is 6.54 Å². The number of piperidine rings is 1. The Kier molecular flexibility index (Phi) is 10.2. The van der Waals surface area contributed by atoms with Crippen molar-refractivity contribution in [2.24, 2.45) is 18.0 Å². The first-order valence-electron chi connectivity index (χ1n) is 11.8. The van der Waals surface area contributed by atoms with Gasteiger partial charge in [-0.05, 0) is 50.0 Å². The van der Waals surface area contributed by atoms with Crippen LogP contribution in [0.2, 0.25) is 0 Å². The van der Waals surface area contributed by atoms with E-state index in [0.29, 0.717) is 12.6 Å². The first-order chi connectivity index (χ1) is 15.2. The zero-order chi connectivity index (χ0) is 21.5. The zero-order valence-corrected chi connectivity index (χ0v) is 22.6. The number of likely N-dealkylation sites (tertiary alicyclic amines) is 1. The number of halogens is 1. The second kappa shape index (κ2) is 12.9. The van der Waals surface area contributed by atoms with E-state index in [1.807, 2.05) is 18.5 Å². The van der Waals surface area contributed by atoms with Crippen molar-refractivity contribution in [2.75, 3.05) is 19.6 Å². The third-order valence-corrected chi connectivity index (χ3v) is 7.62. The van der Waals surface area contributed by atoms with Crippen molar-refractivity contribution in [3.05, 3.63) is 34.0 Å². The fourth-order valence-electron chi connectivity index (χ4n) is 4.66. The van der Waals surface area contributed by atoms with Gasteiger partial charge in [0, 0.05) is 37.6 Å². The van der Waals surface area contributed by atoms with Crippen LogP contribution in [0.4, 0.5) is 0 Å². The predicted molar refractivity (Wildman–Crippen MR) is 143 cm³/mol. The molecule has 0 amide bonds. The molecule has 178 valence electrons. The number of nitrogens with one attached hydrogen (secondary N) is 2. The molecule has 2 aliphatic rings. The largest absolute Gasteiger partial charge is 0.354 e. The molecule has 0 radical (unpaired) electrons. The van der Waals surface area contributed by atoms with Gasteiger partial charge >= 0.3 is 0 Å². The summed E-state index contributed by atoms with van der Waals surface area (Å²) in [5.41, 5.74) is 0. The van der Waals surface area contributed by atoms with Crippen LogP contribution in [0.25, 0.3) is 0 Å². The summed E-state index contributed by atoms with van der Waals surface area (Å²) < 4.78 is 2.00. The number of hydrogen-bond acceptors (Lipinski definition) is 5. The molecule has 2 aromatic rings. The molecule has 2 aromatic heterocycles. The summed E-state index contributed by atoms with van der Waals surface area (Å²) in [6.45, 7) is 6.97. The normalized spacial score (nSPS) is 19.0. The molecule has 1 saturated heterocycles. The van der Waals surface area contributed by atoms with E-state index in [2.05, 4.69) is 43.2 Å². The zero-order valence-electron chi connectivity index (χ0n) is 19.4. The van der Waals surface area contributed by atoms with Crippen LogP contribution in [0, 0.1) is 12.8 Å². The molecule has 3 heterocycles. The van der Waals surface area contributed by atoms with Crippen LogP contribution in [-0.2, 0) is 20.1 Å². The minimum atomic E-state index is 0. The van der Waals surface area contributed by atoms with Crippen LogP contribution in [0.5, 0.6) is 0 Å². The number of hydrogen-bond donors (Lipinski definition) is 2. The molecule has 1 aliphatic carbocycles. The highest BCUT2D eigenvalue weighted by Crippen LogP contribution is 2.25. The monoisotopic (exact) mass is 571 g/mol. The average molecular weight is 572 g/mol. The first-order valence-corrected chi connectivity index (χ1v) is 12.7. The van der Waals surface area contributed by atoms with E-state index < -0.39 is 0 Å². The summed E-state index contributed by atoms with van der Waals surface area (Å²) in [5.74, 6) is 3.60. The quantitative estimate of drug-likeness (QED) is 0.298. The lowest BCUT2D eigenvalue weighted by Gasteiger charge is -2.36. The second-order valence-electron chi connectivity index (χ2n) is 9.04. The summed E-state index contributed by atoms with van der Waals surface area (Å²) >= 11 is 1.77. The fraction of sp³-hybridized carbons (Fsp3) is 0.696. The molecular formula is C23H38IN7S. The summed E-state index contributed by atoms with van der Waals surface area (Å²) in [7, 11) is 1.99. The van der Waals surface area contributed by atoms with Gasteiger partial charge in [0.15, 0.2) is 11.8 Å². The van der Waals surface area contributed by atoms with Crippen LogP contribution in [0.15, 0.2) is 22.5 Å². The van der Waals surface area contributed by atoms with Gasteiger partial charge < -0.3 is 20.1 Å². The molecule has 0 aromatic carbocycles. The molecule has 32 heavy (non-hydrogen) atoms. The maximum absolute atomic E-state index is 4.84. The molecule has 1 aliphatic heterocycles. The Morgan fingerprint density at radius 1 is 1.16 bits per heavy atom. The number of aromatic nitrogens is 3. The van der Waals surface area contributed by atoms with E-state index >= 15 is 0 Å². The van der Waals surface area contributed by atoms with Crippen molar-refractivity contribution in [1.82, 2.24) is 30.3 Å². The van der Waals surface area contributed by atoms with Gasteiger partial charge in [0.2, 0.25) is 0 Å². The molecule has 0 atom stereocenters. The Morgan fingerprint density at radius 3 is 2.59 bits per heavy atom. The van der Waals surface area contributed by atoms with Crippen molar-refractivity contribution >= 4 is 41.3 Å². The van der Waals surface area contributed by atoms with Crippen LogP contribution >= 0.6 is 35.3 Å². The van der Waals surface area contributed by atoms with Crippen LogP contribution < -0.4 is 10.6 Å². The van der Waals surface area contributed by atoms with Crippen molar-refractivity contribution in [3.63, 3.8) is 0 Å². The van der Waals surface area contributed by atoms with E-state index in [-0.39, 0.29) is 24.0 Å². The van der Waals surface area contributed by atoms with Crippen molar-refractivity contribution in [2.45, 2.75) is 71.0 Å². The van der Waals surface area contributed by atoms with E-state index in [0.717, 1.165) is 30.1 Å². The Bertz CT molecular complexity index is 822. The number of nitrogens with zero attached hydrogens (tertiary/aromatic N) is 5. The smallest absolute Gasteiger partial charge is 0.192 e. The SMILES string of the molecule is Cc1nnc(CN=C(NCc2cccs2)NC2CCN(CC3CCCCC3)CC2)n1C.I. The molecule has 7 nitrogen and oxygen atoms in total. The number of rotatable bonds is 7. The number of aryl methyl sites for hydroxylation is 1. The topological polar surface area (TPSA) is 70.4 Å². The van der Waals surface area contributed by atoms with E-state index in [9.17, 15) is 0 Å². The van der Waals surface area contributed by atoms with Gasteiger partial charge in [0.1, 0.15) is 12.4 Å². The lowest BCUT2D eigenvalue weighted by molar-refractivity contribution is 0.160. The summed E-state index contributed by atoms with van der Waals surface area (Å²) in [5, 5.41) is 17.7. The molecule has 4 rings (SSSR count). The van der Waals surface area contributed by atoms with Crippen molar-refractivity contribution in [1.29, 1.82) is 0 Å². The molecule has 0 spiro atoms. The number of thiophene rings is 1. The molecular weight excluding hydrogens is 533 g/mol. The Hall–Kier alpha value is -1.20. The fourth-order valence-corrected chi connectivity index (χ4v) is 5.31. The molecule has 0 unspecified atom stereocenters. The highest BCUT2D eigenvalue weighted by molar-refractivity contribution is 14.0. The van der Waals surface area contributed by atoms with Gasteiger partial charge in [-0.1, -0.05) is 25.3 Å². The molecule has 2 fully saturated rings. The van der Waals surface area contributed by atoms with E-state index in [1.165, 1.54) is 69.5 Å². The highest BCUT2D eigenvalue weighted by atomic mass is 127. The van der Waals surface area contributed by atoms with Crippen molar-refractivity contribution in [3.8, 4) is 0 Å². The van der Waals surface area contributed by atoms with Crippen LogP contribution in [0.1, 0.15) is 61.5 Å². The molecule has 2 N–H and O–H groups in total. The van der Waals surface area contributed by atoms with E-state index in [1.54, 1.807) is 11.3 Å². The average Bonchev–Trinajstić information content (AvgIpc) is 3.43. The summed E-state index contributed by atoms with van der Waals surface area (Å²) in [6, 6.07) is 4.72. The van der Waals surface area contributed by atoms with Crippen molar-refractivity contribution < 1.29 is 0 Å². The third-order valence-electron chi connectivity index (χ3n) is 6.74. The Labute approximate surface area is 213 Å². The minimum Gasteiger partial charge on any atom is -0.354 e. The maximum atomic E-state index is 4.84. The summed E-state index contributed by atoms with van der Waals surface area (Å²) in [6.07, 6.45) is 9.53. The third kappa shape index (κ3) is 7.41. The lowest BCUT2D eigenvalue weighted by atomic mass is 9.88. The molecule has 0 bridgehead atoms. The highest BCUT2D eigenvalue weighted by Gasteiger charge is 2.23. The second-order valence-corrected chi connectivity index (χ2v) is 10.1. The lowest BCUT2D eigenvalue weighted by Crippen LogP contribution is -2.49. The minimum absolute atomic E-state index is 0.